The van der Waals surface area contributed by atoms with Crippen LogP contribution in [0.1, 0.15) is 32.6 Å². The number of halogens is 5. The minimum absolute atomic E-state index is 0.0121. The first-order valence-electron chi connectivity index (χ1n) is 8.36. The first-order chi connectivity index (χ1) is 12.2. The first kappa shape index (κ1) is 19.3. The molecule has 4 nitrogen and oxygen atoms in total. The second-order valence-corrected chi connectivity index (χ2v) is 6.70. The number of benzene rings is 1. The highest BCUT2D eigenvalue weighted by Gasteiger charge is 2.68. The van der Waals surface area contributed by atoms with Crippen LogP contribution in [0.3, 0.4) is 0 Å². The molecule has 0 aromatic heterocycles. The predicted molar refractivity (Wildman–Crippen MR) is 79.1 cm³/mol. The molecule has 3 fully saturated rings. The molecule has 26 heavy (non-hydrogen) atoms. The molecule has 0 aliphatic carbocycles. The molecule has 0 atom stereocenters. The highest BCUT2D eigenvalue weighted by Crippen LogP contribution is 2.48. The van der Waals surface area contributed by atoms with Gasteiger partial charge in [-0.2, -0.15) is 8.78 Å². The van der Waals surface area contributed by atoms with Crippen molar-refractivity contribution in [1.82, 2.24) is 0 Å². The molecule has 3 heterocycles. The summed E-state index contributed by atoms with van der Waals surface area (Å²) in [5.41, 5.74) is -0.499. The maximum atomic E-state index is 14.5. The van der Waals surface area contributed by atoms with E-state index in [1.807, 2.05) is 6.92 Å². The topological polar surface area (TPSA) is 36.9 Å². The van der Waals surface area contributed by atoms with E-state index in [1.165, 1.54) is 0 Å². The lowest BCUT2D eigenvalue weighted by molar-refractivity contribution is -0.548. The summed E-state index contributed by atoms with van der Waals surface area (Å²) in [5, 5.41) is 0. The minimum atomic E-state index is -4.21. The molecule has 0 amide bonds. The van der Waals surface area contributed by atoms with E-state index >= 15 is 0 Å². The average molecular weight is 382 g/mol. The van der Waals surface area contributed by atoms with Crippen molar-refractivity contribution in [1.29, 1.82) is 0 Å². The molecular formula is C17H19F5O4. The van der Waals surface area contributed by atoms with Gasteiger partial charge in [-0.05, 0) is 6.42 Å². The number of hydrogen-bond acceptors (Lipinski definition) is 4. The van der Waals surface area contributed by atoms with E-state index in [0.717, 1.165) is 19.3 Å². The highest BCUT2D eigenvalue weighted by atomic mass is 19.3. The fraction of sp³-hybridized carbons (Fsp3) is 0.647. The fourth-order valence-corrected chi connectivity index (χ4v) is 3.01. The lowest BCUT2D eigenvalue weighted by Gasteiger charge is -2.52. The van der Waals surface area contributed by atoms with Crippen LogP contribution in [-0.2, 0) is 14.2 Å². The van der Waals surface area contributed by atoms with Crippen LogP contribution in [0.15, 0.2) is 12.1 Å². The van der Waals surface area contributed by atoms with E-state index < -0.39 is 40.7 Å². The third-order valence-corrected chi connectivity index (χ3v) is 4.58. The van der Waals surface area contributed by atoms with E-state index in [0.29, 0.717) is 18.6 Å². The van der Waals surface area contributed by atoms with Crippen molar-refractivity contribution < 1.29 is 40.9 Å². The Kier molecular flexibility index (Phi) is 5.15. The second-order valence-electron chi connectivity index (χ2n) is 6.70. The van der Waals surface area contributed by atoms with Crippen molar-refractivity contribution in [2.75, 3.05) is 19.8 Å². The molecule has 0 spiro atoms. The van der Waals surface area contributed by atoms with Gasteiger partial charge in [-0.1, -0.05) is 26.2 Å². The number of ether oxygens (including phenoxy) is 4. The first-order valence-corrected chi connectivity index (χ1v) is 8.36. The van der Waals surface area contributed by atoms with E-state index in [1.54, 1.807) is 0 Å². The predicted octanol–water partition coefficient (Wildman–Crippen LogP) is 4.37. The lowest BCUT2D eigenvalue weighted by atomic mass is 9.83. The van der Waals surface area contributed by atoms with Gasteiger partial charge in [0.25, 0.3) is 0 Å². The van der Waals surface area contributed by atoms with Gasteiger partial charge in [0.2, 0.25) is 0 Å². The molecule has 2 bridgehead atoms. The smallest absolute Gasteiger partial charge is 0.426 e. The third kappa shape index (κ3) is 3.39. The molecule has 3 saturated heterocycles. The Morgan fingerprint density at radius 1 is 1.00 bits per heavy atom. The number of fused-ring (bicyclic) bond motifs is 3. The number of unbranched alkanes of at least 4 members (excludes halogenated alkanes) is 2. The molecule has 146 valence electrons. The average Bonchev–Trinajstić information content (AvgIpc) is 2.61. The van der Waals surface area contributed by atoms with E-state index in [4.69, 9.17) is 14.2 Å². The maximum absolute atomic E-state index is 14.5. The molecule has 0 unspecified atom stereocenters. The molecule has 0 radical (unpaired) electrons. The Labute approximate surface area is 147 Å². The van der Waals surface area contributed by atoms with Gasteiger partial charge in [0.15, 0.2) is 17.5 Å². The van der Waals surface area contributed by atoms with Gasteiger partial charge in [0.1, 0.15) is 5.75 Å². The normalized spacial score (nSPS) is 28.4. The molecule has 0 N–H and O–H groups in total. The standard InChI is InChI=1S/C17H19F5O4/c1-2-3-4-5-15-8-23-17(24-9-15,25-10-15)16(21,22)26-11-6-12(18)14(20)13(19)7-11/h6-7H,2-5,8-10H2,1H3. The van der Waals surface area contributed by atoms with E-state index in [-0.39, 0.29) is 19.8 Å². The summed E-state index contributed by atoms with van der Waals surface area (Å²) < 4.78 is 88.2. The minimum Gasteiger partial charge on any atom is -0.426 e. The largest absolute Gasteiger partial charge is 0.484 e. The highest BCUT2D eigenvalue weighted by molar-refractivity contribution is 5.25. The van der Waals surface area contributed by atoms with Gasteiger partial charge in [-0.3, -0.25) is 0 Å². The van der Waals surface area contributed by atoms with Crippen LogP contribution in [0.5, 0.6) is 5.75 Å². The van der Waals surface area contributed by atoms with Gasteiger partial charge in [-0.15, -0.1) is 0 Å². The summed E-state index contributed by atoms with van der Waals surface area (Å²) in [6.45, 7) is 2.01. The zero-order chi connectivity index (χ0) is 19.0. The van der Waals surface area contributed by atoms with E-state index in [9.17, 15) is 22.0 Å². The van der Waals surface area contributed by atoms with Crippen molar-refractivity contribution >= 4 is 0 Å². The molecule has 4 rings (SSSR count). The molecule has 1 aromatic rings. The van der Waals surface area contributed by atoms with Crippen LogP contribution in [-0.4, -0.2) is 31.9 Å². The summed E-state index contributed by atoms with van der Waals surface area (Å²) in [7, 11) is 0. The molecule has 9 heteroatoms. The van der Waals surface area contributed by atoms with E-state index in [2.05, 4.69) is 4.74 Å². The summed E-state index contributed by atoms with van der Waals surface area (Å²) in [4.78, 5) is 0. The van der Waals surface area contributed by atoms with Crippen LogP contribution in [0.4, 0.5) is 22.0 Å². The quantitative estimate of drug-likeness (QED) is 0.399. The van der Waals surface area contributed by atoms with Crippen molar-refractivity contribution in [3.63, 3.8) is 0 Å². The molecule has 3 aliphatic heterocycles. The van der Waals surface area contributed by atoms with Crippen molar-refractivity contribution in [2.45, 2.75) is 44.7 Å². The van der Waals surface area contributed by atoms with Crippen LogP contribution < -0.4 is 4.74 Å². The number of rotatable bonds is 7. The Morgan fingerprint density at radius 3 is 2.04 bits per heavy atom. The molecule has 1 aromatic carbocycles. The molecule has 0 saturated carbocycles. The molecule has 3 aliphatic rings. The second kappa shape index (κ2) is 6.94. The fourth-order valence-electron chi connectivity index (χ4n) is 3.01. The Bertz CT molecular complexity index is 619. The van der Waals surface area contributed by atoms with Crippen LogP contribution >= 0.6 is 0 Å². The molecular weight excluding hydrogens is 363 g/mol. The van der Waals surface area contributed by atoms with Gasteiger partial charge in [-0.25, -0.2) is 13.2 Å². The van der Waals surface area contributed by atoms with Gasteiger partial charge >= 0.3 is 12.1 Å². The Balaban J connectivity index is 1.71. The van der Waals surface area contributed by atoms with Gasteiger partial charge in [0.05, 0.1) is 19.8 Å². The Morgan fingerprint density at radius 2 is 1.54 bits per heavy atom. The number of alkyl halides is 2. The van der Waals surface area contributed by atoms with Crippen LogP contribution in [0.2, 0.25) is 0 Å². The van der Waals surface area contributed by atoms with Crippen molar-refractivity contribution in [2.24, 2.45) is 5.41 Å². The summed E-state index contributed by atoms with van der Waals surface area (Å²) in [6.07, 6.45) is -0.606. The zero-order valence-electron chi connectivity index (χ0n) is 14.1. The number of hydrogen-bond donors (Lipinski definition) is 0. The van der Waals surface area contributed by atoms with Crippen LogP contribution in [0.25, 0.3) is 0 Å². The summed E-state index contributed by atoms with van der Waals surface area (Å²) in [5.74, 6) is -8.81. The van der Waals surface area contributed by atoms with Gasteiger partial charge < -0.3 is 18.9 Å². The van der Waals surface area contributed by atoms with Crippen molar-refractivity contribution in [3.05, 3.63) is 29.6 Å². The van der Waals surface area contributed by atoms with Crippen LogP contribution in [0, 0.1) is 22.9 Å². The SMILES string of the molecule is CCCCCC12COC(C(F)(F)Oc3cc(F)c(F)c(F)c3)(OC1)OC2. The van der Waals surface area contributed by atoms with Crippen molar-refractivity contribution in [3.8, 4) is 5.75 Å². The monoisotopic (exact) mass is 382 g/mol. The zero-order valence-corrected chi connectivity index (χ0v) is 14.1. The summed E-state index contributed by atoms with van der Waals surface area (Å²) >= 11 is 0. The maximum Gasteiger partial charge on any atom is 0.484 e. The third-order valence-electron chi connectivity index (χ3n) is 4.58. The summed E-state index contributed by atoms with van der Waals surface area (Å²) in [6, 6.07) is 0.618. The lowest BCUT2D eigenvalue weighted by Crippen LogP contribution is -2.68. The van der Waals surface area contributed by atoms with Gasteiger partial charge in [0, 0.05) is 17.5 Å². The Hall–Kier alpha value is -1.45.